The molecule has 0 saturated heterocycles. The minimum Gasteiger partial charge on any atom is -0.327 e. The first-order valence-corrected chi connectivity index (χ1v) is 6.47. The molecular weight excluding hydrogens is 284 g/mol. The number of aromatic amines is 1. The molecule has 15 heavy (non-hydrogen) atoms. The van der Waals surface area contributed by atoms with E-state index < -0.39 is 15.6 Å². The normalized spacial score (nSPS) is 12.0. The molecule has 0 bridgehead atoms. The van der Waals surface area contributed by atoms with Crippen molar-refractivity contribution in [3.8, 4) is 0 Å². The van der Waals surface area contributed by atoms with Crippen molar-refractivity contribution in [1.82, 2.24) is 9.29 Å². The summed E-state index contributed by atoms with van der Waals surface area (Å²) >= 11 is 3.11. The Morgan fingerprint density at radius 2 is 2.13 bits per heavy atom. The van der Waals surface area contributed by atoms with E-state index in [0.717, 1.165) is 4.31 Å². The first-order chi connectivity index (χ1) is 6.89. The third-order valence-electron chi connectivity index (χ3n) is 1.97. The van der Waals surface area contributed by atoms with Crippen molar-refractivity contribution in [1.29, 1.82) is 0 Å². The number of sulfonamides is 1. The van der Waals surface area contributed by atoms with Crippen LogP contribution in [0.5, 0.6) is 0 Å². The minimum absolute atomic E-state index is 0.249. The zero-order valence-electron chi connectivity index (χ0n) is 8.32. The lowest BCUT2D eigenvalue weighted by Gasteiger charge is -2.13. The van der Waals surface area contributed by atoms with Crippen LogP contribution in [-0.4, -0.2) is 31.3 Å². The lowest BCUT2D eigenvalue weighted by Crippen LogP contribution is -2.31. The summed E-state index contributed by atoms with van der Waals surface area (Å²) in [5.74, 6) is 0. The highest BCUT2D eigenvalue weighted by Gasteiger charge is 2.22. The molecule has 84 valence electrons. The van der Waals surface area contributed by atoms with E-state index in [1.165, 1.54) is 19.3 Å². The van der Waals surface area contributed by atoms with Gasteiger partial charge in [-0.3, -0.25) is 4.79 Å². The minimum atomic E-state index is -3.68. The molecule has 0 aliphatic rings. The van der Waals surface area contributed by atoms with Crippen molar-refractivity contribution in [3.63, 3.8) is 0 Å². The molecule has 0 radical (unpaired) electrons. The fourth-order valence-corrected chi connectivity index (χ4v) is 2.71. The van der Waals surface area contributed by atoms with Crippen LogP contribution in [0.2, 0.25) is 0 Å². The van der Waals surface area contributed by atoms with Gasteiger partial charge in [-0.05, 0) is 22.0 Å². The molecule has 7 heteroatoms. The number of halogens is 1. The van der Waals surface area contributed by atoms with Crippen LogP contribution in [0, 0.1) is 0 Å². The van der Waals surface area contributed by atoms with Gasteiger partial charge in [-0.15, -0.1) is 0 Å². The lowest BCUT2D eigenvalue weighted by molar-refractivity contribution is 0.485. The molecule has 0 aliphatic heterocycles. The molecular formula is C8H11BrN2O3S. The molecule has 0 aliphatic carbocycles. The Balaban J connectivity index is 3.40. The smallest absolute Gasteiger partial charge is 0.268 e. The van der Waals surface area contributed by atoms with Gasteiger partial charge >= 0.3 is 0 Å². The molecule has 1 heterocycles. The van der Waals surface area contributed by atoms with E-state index in [0.29, 0.717) is 11.0 Å². The predicted octanol–water partition coefficient (Wildman–Crippen LogP) is 0.778. The van der Waals surface area contributed by atoms with Crippen molar-refractivity contribution in [2.24, 2.45) is 0 Å². The average Bonchev–Trinajstić information content (AvgIpc) is 2.20. The average molecular weight is 295 g/mol. The van der Waals surface area contributed by atoms with Gasteiger partial charge in [0.25, 0.3) is 5.56 Å². The molecule has 0 amide bonds. The number of nitrogens with zero attached hydrogens (tertiary/aromatic N) is 1. The van der Waals surface area contributed by atoms with E-state index in [1.54, 1.807) is 6.92 Å². The topological polar surface area (TPSA) is 70.2 Å². The number of nitrogens with one attached hydrogen (secondary N) is 1. The van der Waals surface area contributed by atoms with Crippen LogP contribution in [0.3, 0.4) is 0 Å². The Hall–Kier alpha value is -0.660. The molecule has 0 atom stereocenters. The van der Waals surface area contributed by atoms with E-state index in [2.05, 4.69) is 20.9 Å². The molecule has 1 aromatic heterocycles. The van der Waals surface area contributed by atoms with Gasteiger partial charge in [0.05, 0.1) is 0 Å². The molecule has 5 nitrogen and oxygen atoms in total. The summed E-state index contributed by atoms with van der Waals surface area (Å²) in [6, 6.07) is 1.29. The summed E-state index contributed by atoms with van der Waals surface area (Å²) in [5.41, 5.74) is -0.612. The standard InChI is InChI=1S/C8H11BrN2O3S/c1-3-11(2)15(13,14)7-4-6(9)5-10-8(7)12/h4-5H,3H2,1-2H3,(H,10,12). The number of aromatic nitrogens is 1. The maximum atomic E-state index is 11.8. The van der Waals surface area contributed by atoms with Crippen LogP contribution in [-0.2, 0) is 10.0 Å². The summed E-state index contributed by atoms with van der Waals surface area (Å²) < 4.78 is 25.3. The zero-order valence-corrected chi connectivity index (χ0v) is 10.7. The van der Waals surface area contributed by atoms with Gasteiger partial charge in [0.1, 0.15) is 4.90 Å². The highest BCUT2D eigenvalue weighted by Crippen LogP contribution is 2.14. The number of hydrogen-bond acceptors (Lipinski definition) is 3. The summed E-state index contributed by atoms with van der Waals surface area (Å²) in [5, 5.41) is 0. The SMILES string of the molecule is CCN(C)S(=O)(=O)c1cc(Br)c[nH]c1=O. The lowest BCUT2D eigenvalue weighted by atomic mass is 10.5. The molecule has 1 aromatic rings. The summed E-state index contributed by atoms with van der Waals surface area (Å²) in [6.07, 6.45) is 1.40. The summed E-state index contributed by atoms with van der Waals surface area (Å²) in [6.45, 7) is 2.01. The Morgan fingerprint density at radius 1 is 1.53 bits per heavy atom. The highest BCUT2D eigenvalue weighted by molar-refractivity contribution is 9.10. The first-order valence-electron chi connectivity index (χ1n) is 4.24. The van der Waals surface area contributed by atoms with Crippen molar-refractivity contribution in [2.75, 3.05) is 13.6 Å². The maximum absolute atomic E-state index is 11.8. The van der Waals surface area contributed by atoms with Gasteiger partial charge in [-0.25, -0.2) is 12.7 Å². The van der Waals surface area contributed by atoms with Crippen molar-refractivity contribution in [3.05, 3.63) is 27.1 Å². The van der Waals surface area contributed by atoms with Crippen LogP contribution < -0.4 is 5.56 Å². The van der Waals surface area contributed by atoms with E-state index in [-0.39, 0.29) is 4.90 Å². The van der Waals surface area contributed by atoms with Gasteiger partial charge in [-0.2, -0.15) is 0 Å². The first kappa shape index (κ1) is 12.4. The van der Waals surface area contributed by atoms with Crippen LogP contribution in [0.15, 0.2) is 26.4 Å². The number of hydrogen-bond donors (Lipinski definition) is 1. The molecule has 0 saturated carbocycles. The fraction of sp³-hybridized carbons (Fsp3) is 0.375. The van der Waals surface area contributed by atoms with Crippen molar-refractivity contribution < 1.29 is 8.42 Å². The maximum Gasteiger partial charge on any atom is 0.268 e. The van der Waals surface area contributed by atoms with E-state index in [4.69, 9.17) is 0 Å². The van der Waals surface area contributed by atoms with Crippen molar-refractivity contribution in [2.45, 2.75) is 11.8 Å². The van der Waals surface area contributed by atoms with E-state index in [9.17, 15) is 13.2 Å². The van der Waals surface area contributed by atoms with Crippen LogP contribution in [0.4, 0.5) is 0 Å². The molecule has 1 rings (SSSR count). The highest BCUT2D eigenvalue weighted by atomic mass is 79.9. The quantitative estimate of drug-likeness (QED) is 0.895. The van der Waals surface area contributed by atoms with Gasteiger partial charge in [-0.1, -0.05) is 6.92 Å². The molecule has 0 fully saturated rings. The van der Waals surface area contributed by atoms with Gasteiger partial charge < -0.3 is 4.98 Å². The Bertz CT molecular complexity index is 509. The number of rotatable bonds is 3. The summed E-state index contributed by atoms with van der Waals surface area (Å²) in [4.78, 5) is 13.5. The fourth-order valence-electron chi connectivity index (χ4n) is 0.968. The van der Waals surface area contributed by atoms with Crippen LogP contribution in [0.25, 0.3) is 0 Å². The monoisotopic (exact) mass is 294 g/mol. The Morgan fingerprint density at radius 3 is 2.67 bits per heavy atom. The largest absolute Gasteiger partial charge is 0.327 e. The Labute approximate surface area is 96.3 Å². The number of pyridine rings is 1. The van der Waals surface area contributed by atoms with E-state index >= 15 is 0 Å². The summed E-state index contributed by atoms with van der Waals surface area (Å²) in [7, 11) is -2.26. The van der Waals surface area contributed by atoms with Crippen LogP contribution in [0.1, 0.15) is 6.92 Å². The Kier molecular flexibility index (Phi) is 3.69. The number of H-pyrrole nitrogens is 1. The molecule has 0 unspecified atom stereocenters. The third kappa shape index (κ3) is 2.47. The van der Waals surface area contributed by atoms with E-state index in [1.807, 2.05) is 0 Å². The second kappa shape index (κ2) is 4.46. The van der Waals surface area contributed by atoms with Gasteiger partial charge in [0, 0.05) is 24.3 Å². The predicted molar refractivity (Wildman–Crippen MR) is 60.3 cm³/mol. The molecule has 0 spiro atoms. The zero-order chi connectivity index (χ0) is 11.6. The second-order valence-electron chi connectivity index (χ2n) is 2.93. The van der Waals surface area contributed by atoms with Crippen molar-refractivity contribution >= 4 is 26.0 Å². The molecule has 1 N–H and O–H groups in total. The van der Waals surface area contributed by atoms with Crippen LogP contribution >= 0.6 is 15.9 Å². The van der Waals surface area contributed by atoms with Gasteiger partial charge in [0.15, 0.2) is 0 Å². The second-order valence-corrected chi connectivity index (χ2v) is 5.86. The van der Waals surface area contributed by atoms with Gasteiger partial charge in [0.2, 0.25) is 10.0 Å². The third-order valence-corrected chi connectivity index (χ3v) is 4.36. The molecule has 0 aromatic carbocycles.